The molecular formula is C19H27NO4. The fourth-order valence-corrected chi connectivity index (χ4v) is 3.53. The van der Waals surface area contributed by atoms with E-state index in [0.29, 0.717) is 17.2 Å². The predicted octanol–water partition coefficient (Wildman–Crippen LogP) is 2.90. The SMILES string of the molecule is CO/C=C1/c2c(cc(C)c(C(=O)OC)c2OC)CCC1CN(C)C. The second-order valence-corrected chi connectivity index (χ2v) is 6.43. The summed E-state index contributed by atoms with van der Waals surface area (Å²) in [6.45, 7) is 2.83. The fourth-order valence-electron chi connectivity index (χ4n) is 3.53. The predicted molar refractivity (Wildman–Crippen MR) is 94.4 cm³/mol. The number of hydrogen-bond donors (Lipinski definition) is 0. The van der Waals surface area contributed by atoms with E-state index < -0.39 is 0 Å². The molecule has 0 fully saturated rings. The third kappa shape index (κ3) is 3.41. The van der Waals surface area contributed by atoms with Crippen molar-refractivity contribution < 1.29 is 19.0 Å². The maximum atomic E-state index is 12.3. The summed E-state index contributed by atoms with van der Waals surface area (Å²) in [4.78, 5) is 14.4. The van der Waals surface area contributed by atoms with Gasteiger partial charge < -0.3 is 19.1 Å². The molecule has 24 heavy (non-hydrogen) atoms. The van der Waals surface area contributed by atoms with E-state index in [-0.39, 0.29) is 5.97 Å². The van der Waals surface area contributed by atoms with E-state index in [2.05, 4.69) is 25.1 Å². The molecule has 5 nitrogen and oxygen atoms in total. The van der Waals surface area contributed by atoms with Crippen molar-refractivity contribution in [3.63, 3.8) is 0 Å². The highest BCUT2D eigenvalue weighted by molar-refractivity contribution is 5.97. The molecule has 0 saturated heterocycles. The molecule has 0 saturated carbocycles. The summed E-state index contributed by atoms with van der Waals surface area (Å²) in [6.07, 6.45) is 3.78. The minimum absolute atomic E-state index is 0.328. The van der Waals surface area contributed by atoms with E-state index >= 15 is 0 Å². The quantitative estimate of drug-likeness (QED) is 0.612. The average Bonchev–Trinajstić information content (AvgIpc) is 2.54. The summed E-state index contributed by atoms with van der Waals surface area (Å²) >= 11 is 0. The minimum Gasteiger partial charge on any atom is -0.504 e. The number of rotatable bonds is 5. The van der Waals surface area contributed by atoms with Crippen molar-refractivity contribution in [1.29, 1.82) is 0 Å². The van der Waals surface area contributed by atoms with Crippen LogP contribution in [0.3, 0.4) is 0 Å². The topological polar surface area (TPSA) is 48.0 Å². The van der Waals surface area contributed by atoms with Gasteiger partial charge in [0.25, 0.3) is 0 Å². The Hall–Kier alpha value is -2.01. The Balaban J connectivity index is 2.68. The maximum absolute atomic E-state index is 12.3. The van der Waals surface area contributed by atoms with Crippen LogP contribution in [0.2, 0.25) is 0 Å². The molecule has 2 rings (SSSR count). The molecule has 132 valence electrons. The number of hydrogen-bond acceptors (Lipinski definition) is 5. The lowest BCUT2D eigenvalue weighted by molar-refractivity contribution is 0.0596. The first-order valence-corrected chi connectivity index (χ1v) is 8.11. The normalized spacial score (nSPS) is 18.5. The highest BCUT2D eigenvalue weighted by Gasteiger charge is 2.31. The molecular weight excluding hydrogens is 306 g/mol. The van der Waals surface area contributed by atoms with E-state index in [0.717, 1.165) is 36.1 Å². The van der Waals surface area contributed by atoms with Crippen LogP contribution in [0.5, 0.6) is 5.75 Å². The van der Waals surface area contributed by atoms with Crippen LogP contribution in [0.15, 0.2) is 12.3 Å². The first-order valence-electron chi connectivity index (χ1n) is 8.11. The Morgan fingerprint density at radius 3 is 2.58 bits per heavy atom. The lowest BCUT2D eigenvalue weighted by Crippen LogP contribution is -2.27. The van der Waals surface area contributed by atoms with Gasteiger partial charge in [-0.1, -0.05) is 6.07 Å². The van der Waals surface area contributed by atoms with Crippen molar-refractivity contribution in [2.24, 2.45) is 5.92 Å². The first-order chi connectivity index (χ1) is 11.4. The summed E-state index contributed by atoms with van der Waals surface area (Å²) in [6, 6.07) is 2.07. The maximum Gasteiger partial charge on any atom is 0.341 e. The molecule has 0 heterocycles. The zero-order chi connectivity index (χ0) is 17.9. The lowest BCUT2D eigenvalue weighted by atomic mass is 9.77. The molecule has 0 radical (unpaired) electrons. The highest BCUT2D eigenvalue weighted by Crippen LogP contribution is 2.44. The second kappa shape index (κ2) is 7.71. The Kier molecular flexibility index (Phi) is 5.89. The number of aryl methyl sites for hydroxylation is 2. The van der Waals surface area contributed by atoms with Gasteiger partial charge >= 0.3 is 5.97 Å². The van der Waals surface area contributed by atoms with Crippen LogP contribution in [0.1, 0.15) is 33.5 Å². The van der Waals surface area contributed by atoms with Crippen molar-refractivity contribution in [1.82, 2.24) is 4.90 Å². The Morgan fingerprint density at radius 1 is 1.33 bits per heavy atom. The highest BCUT2D eigenvalue weighted by atomic mass is 16.5. The molecule has 1 atom stereocenters. The van der Waals surface area contributed by atoms with Gasteiger partial charge in [-0.3, -0.25) is 0 Å². The first kappa shape index (κ1) is 18.3. The standard InChI is InChI=1S/C19H27NO4/c1-12-9-13-7-8-14(10-20(2)3)15(11-22-4)17(13)18(23-5)16(12)19(21)24-6/h9,11,14H,7-8,10H2,1-6H3/b15-11+. The number of benzene rings is 1. The van der Waals surface area contributed by atoms with E-state index in [1.807, 2.05) is 6.92 Å². The summed E-state index contributed by atoms with van der Waals surface area (Å²) in [7, 11) is 8.76. The summed E-state index contributed by atoms with van der Waals surface area (Å²) in [5.74, 6) is 0.539. The zero-order valence-corrected chi connectivity index (χ0v) is 15.4. The molecule has 1 aliphatic rings. The fraction of sp³-hybridized carbons (Fsp3) is 0.526. The average molecular weight is 333 g/mol. The zero-order valence-electron chi connectivity index (χ0n) is 15.4. The molecule has 0 spiro atoms. The molecule has 1 unspecified atom stereocenters. The van der Waals surface area contributed by atoms with Gasteiger partial charge in [0.05, 0.1) is 27.6 Å². The van der Waals surface area contributed by atoms with Gasteiger partial charge in [0.1, 0.15) is 11.3 Å². The number of methoxy groups -OCH3 is 3. The van der Waals surface area contributed by atoms with Crippen LogP contribution in [0.25, 0.3) is 5.57 Å². The van der Waals surface area contributed by atoms with Crippen molar-refractivity contribution >= 4 is 11.5 Å². The molecule has 1 aliphatic carbocycles. The van der Waals surface area contributed by atoms with Gasteiger partial charge in [0.2, 0.25) is 0 Å². The number of nitrogens with zero attached hydrogens (tertiary/aromatic N) is 1. The smallest absolute Gasteiger partial charge is 0.341 e. The summed E-state index contributed by atoms with van der Waals surface area (Å²) in [5, 5.41) is 0. The molecule has 5 heteroatoms. The van der Waals surface area contributed by atoms with Gasteiger partial charge in [0, 0.05) is 23.6 Å². The molecule has 0 bridgehead atoms. The number of ether oxygens (including phenoxy) is 3. The van der Waals surface area contributed by atoms with E-state index in [1.54, 1.807) is 20.5 Å². The largest absolute Gasteiger partial charge is 0.504 e. The van der Waals surface area contributed by atoms with Crippen LogP contribution >= 0.6 is 0 Å². The summed E-state index contributed by atoms with van der Waals surface area (Å²) < 4.78 is 16.0. The van der Waals surface area contributed by atoms with Crippen LogP contribution in [-0.2, 0) is 15.9 Å². The van der Waals surface area contributed by atoms with Crippen molar-refractivity contribution in [2.45, 2.75) is 19.8 Å². The van der Waals surface area contributed by atoms with Crippen LogP contribution in [-0.4, -0.2) is 52.8 Å². The van der Waals surface area contributed by atoms with E-state index in [4.69, 9.17) is 14.2 Å². The van der Waals surface area contributed by atoms with Crippen LogP contribution in [0, 0.1) is 12.8 Å². The summed E-state index contributed by atoms with van der Waals surface area (Å²) in [5.41, 5.74) is 4.61. The van der Waals surface area contributed by atoms with Crippen LogP contribution in [0.4, 0.5) is 0 Å². The molecule has 0 N–H and O–H groups in total. The van der Waals surface area contributed by atoms with E-state index in [1.165, 1.54) is 12.7 Å². The Labute approximate surface area is 144 Å². The lowest BCUT2D eigenvalue weighted by Gasteiger charge is -2.32. The van der Waals surface area contributed by atoms with Gasteiger partial charge in [-0.15, -0.1) is 0 Å². The molecule has 1 aromatic carbocycles. The van der Waals surface area contributed by atoms with Crippen molar-refractivity contribution in [2.75, 3.05) is 42.0 Å². The van der Waals surface area contributed by atoms with Gasteiger partial charge in [-0.05, 0) is 45.0 Å². The monoisotopic (exact) mass is 333 g/mol. The third-order valence-corrected chi connectivity index (χ3v) is 4.47. The molecule has 0 amide bonds. The third-order valence-electron chi connectivity index (χ3n) is 4.47. The number of carbonyl (C=O) groups is 1. The minimum atomic E-state index is -0.376. The number of esters is 1. The number of carbonyl (C=O) groups excluding carboxylic acids is 1. The van der Waals surface area contributed by atoms with Crippen molar-refractivity contribution in [3.05, 3.63) is 34.6 Å². The molecule has 0 aliphatic heterocycles. The van der Waals surface area contributed by atoms with E-state index in [9.17, 15) is 4.79 Å². The second-order valence-electron chi connectivity index (χ2n) is 6.43. The van der Waals surface area contributed by atoms with Gasteiger partial charge in [-0.25, -0.2) is 4.79 Å². The Bertz CT molecular complexity index is 649. The molecule has 0 aromatic heterocycles. The van der Waals surface area contributed by atoms with Crippen molar-refractivity contribution in [3.8, 4) is 5.75 Å². The number of fused-ring (bicyclic) bond motifs is 1. The van der Waals surface area contributed by atoms with Gasteiger partial charge in [0.15, 0.2) is 0 Å². The molecule has 1 aromatic rings. The Morgan fingerprint density at radius 2 is 2.04 bits per heavy atom. The van der Waals surface area contributed by atoms with Crippen LogP contribution < -0.4 is 4.74 Å². The van der Waals surface area contributed by atoms with Gasteiger partial charge in [-0.2, -0.15) is 0 Å².